The Hall–Kier alpha value is -5.86. The molecule has 0 aromatic heterocycles. The minimum absolute atomic E-state index is 0.889. The first-order valence-electron chi connectivity index (χ1n) is 17.3. The fraction of sp³-hybridized carbons (Fsp3) is 0.125. The van der Waals surface area contributed by atoms with E-state index >= 15 is 0 Å². The summed E-state index contributed by atoms with van der Waals surface area (Å²) in [7, 11) is 3.49. The Morgan fingerprint density at radius 2 is 0.720 bits per heavy atom. The van der Waals surface area contributed by atoms with Crippen LogP contribution in [0.1, 0.15) is 22.3 Å². The highest BCUT2D eigenvalue weighted by Gasteiger charge is 2.19. The molecule has 50 heavy (non-hydrogen) atoms. The van der Waals surface area contributed by atoms with Crippen LogP contribution in [0, 0.1) is 27.7 Å². The highest BCUT2D eigenvalue weighted by molar-refractivity contribution is 6.22. The van der Waals surface area contributed by atoms with Crippen molar-refractivity contribution < 1.29 is 9.47 Å². The lowest BCUT2D eigenvalue weighted by atomic mass is 9.86. The van der Waals surface area contributed by atoms with Gasteiger partial charge < -0.3 is 9.47 Å². The molecule has 5 aromatic rings. The number of methoxy groups -OCH3 is 2. The predicted molar refractivity (Wildman–Crippen MR) is 213 cm³/mol. The van der Waals surface area contributed by atoms with Crippen LogP contribution in [0.5, 0.6) is 11.5 Å². The number of fused-ring (bicyclic) bond motifs is 8. The summed E-state index contributed by atoms with van der Waals surface area (Å²) in [5, 5.41) is 9.98. The molecule has 0 heterocycles. The number of hydrogen-bond acceptors (Lipinski definition) is 2. The Kier molecular flexibility index (Phi) is 6.86. The molecule has 4 aliphatic rings. The lowest BCUT2D eigenvalue weighted by molar-refractivity contribution is 0.414. The molecular weight excluding hydrogens is 609 g/mol. The van der Waals surface area contributed by atoms with Crippen LogP contribution in [0.3, 0.4) is 0 Å². The van der Waals surface area contributed by atoms with Crippen molar-refractivity contribution in [1.82, 2.24) is 0 Å². The summed E-state index contributed by atoms with van der Waals surface area (Å²) in [6, 6.07) is 45.5. The first-order valence-corrected chi connectivity index (χ1v) is 17.3. The van der Waals surface area contributed by atoms with Gasteiger partial charge >= 0.3 is 0 Å². The van der Waals surface area contributed by atoms with Crippen molar-refractivity contribution in [3.8, 4) is 56.0 Å². The van der Waals surface area contributed by atoms with E-state index in [0.29, 0.717) is 0 Å². The lowest BCUT2D eigenvalue weighted by Gasteiger charge is -2.18. The minimum atomic E-state index is 0.889. The maximum atomic E-state index is 5.67. The van der Waals surface area contributed by atoms with Crippen molar-refractivity contribution in [3.63, 3.8) is 0 Å². The third kappa shape index (κ3) is 4.63. The van der Waals surface area contributed by atoms with E-state index in [2.05, 4.69) is 149 Å². The van der Waals surface area contributed by atoms with Crippen LogP contribution in [-0.4, -0.2) is 14.2 Å². The topological polar surface area (TPSA) is 18.5 Å². The third-order valence-corrected chi connectivity index (χ3v) is 10.8. The first kappa shape index (κ1) is 30.2. The maximum absolute atomic E-state index is 5.67. The van der Waals surface area contributed by atoms with E-state index in [4.69, 9.17) is 9.47 Å². The Labute approximate surface area is 293 Å². The summed E-state index contributed by atoms with van der Waals surface area (Å²) < 4.78 is 11.3. The van der Waals surface area contributed by atoms with Crippen molar-refractivity contribution in [2.75, 3.05) is 14.2 Å². The van der Waals surface area contributed by atoms with Gasteiger partial charge in [0.2, 0.25) is 0 Å². The fourth-order valence-electron chi connectivity index (χ4n) is 8.52. The second kappa shape index (κ2) is 11.4. The fourth-order valence-corrected chi connectivity index (χ4v) is 8.52. The highest BCUT2D eigenvalue weighted by atomic mass is 16.5. The molecule has 0 atom stereocenters. The molecule has 0 spiro atoms. The monoisotopic (exact) mass is 646 g/mol. The van der Waals surface area contributed by atoms with E-state index in [9.17, 15) is 0 Å². The van der Waals surface area contributed by atoms with E-state index in [1.54, 1.807) is 14.2 Å². The minimum Gasteiger partial charge on any atom is -0.497 e. The van der Waals surface area contributed by atoms with Gasteiger partial charge in [0.15, 0.2) is 0 Å². The van der Waals surface area contributed by atoms with Crippen LogP contribution in [0.25, 0.3) is 87.6 Å². The van der Waals surface area contributed by atoms with E-state index in [1.807, 2.05) is 0 Å². The van der Waals surface area contributed by atoms with Crippen molar-refractivity contribution in [1.29, 1.82) is 0 Å². The van der Waals surface area contributed by atoms with Gasteiger partial charge in [-0.1, -0.05) is 60.7 Å². The van der Waals surface area contributed by atoms with Gasteiger partial charge in [0.05, 0.1) is 14.2 Å². The molecule has 5 aromatic carbocycles. The molecule has 242 valence electrons. The molecule has 0 radical (unpaired) electrons. The standard InChI is InChI=1S/C48H38O2/c1-27-17-37(49-5)18-28(2)47(27)45-25-35-23-42-36(24-41(35)39-15-13-31-9-7-11-33(31)21-43(39)45)26-46(48-29(3)19-38(50-6)20-30(48)4)44-22-34-12-8-10-32(34)14-16-40(42)44/h7-26H,1-6H3. The number of ether oxygens (including phenoxy) is 2. The smallest absolute Gasteiger partial charge is 0.119 e. The lowest BCUT2D eigenvalue weighted by Crippen LogP contribution is -1.94. The van der Waals surface area contributed by atoms with Gasteiger partial charge in [-0.05, 0) is 198 Å². The van der Waals surface area contributed by atoms with Crippen molar-refractivity contribution in [2.24, 2.45) is 0 Å². The average Bonchev–Trinajstić information content (AvgIpc) is 3.65. The number of rotatable bonds is 4. The summed E-state index contributed by atoms with van der Waals surface area (Å²) in [6.07, 6.45) is 0. The second-order valence-corrected chi connectivity index (χ2v) is 13.9. The number of hydrogen-bond donors (Lipinski definition) is 0. The summed E-state index contributed by atoms with van der Waals surface area (Å²) >= 11 is 0. The molecule has 4 aliphatic carbocycles. The van der Waals surface area contributed by atoms with Crippen LogP contribution >= 0.6 is 0 Å². The quantitative estimate of drug-likeness (QED) is 0.177. The second-order valence-electron chi connectivity index (χ2n) is 13.9. The predicted octanol–water partition coefficient (Wildman–Crippen LogP) is 13.1. The zero-order valence-electron chi connectivity index (χ0n) is 29.4. The van der Waals surface area contributed by atoms with Crippen LogP contribution in [0.15, 0.2) is 121 Å². The van der Waals surface area contributed by atoms with Gasteiger partial charge in [-0.2, -0.15) is 0 Å². The normalized spacial score (nSPS) is 11.8. The molecule has 0 N–H and O–H groups in total. The van der Waals surface area contributed by atoms with E-state index in [1.165, 1.54) is 110 Å². The molecule has 2 heteroatoms. The molecule has 0 amide bonds. The van der Waals surface area contributed by atoms with Crippen LogP contribution in [-0.2, 0) is 0 Å². The van der Waals surface area contributed by atoms with Gasteiger partial charge in [-0.3, -0.25) is 0 Å². The van der Waals surface area contributed by atoms with Crippen molar-refractivity contribution >= 4 is 43.1 Å². The molecule has 0 saturated carbocycles. The van der Waals surface area contributed by atoms with Gasteiger partial charge in [0.1, 0.15) is 11.5 Å². The molecule has 2 nitrogen and oxygen atoms in total. The molecule has 0 fully saturated rings. The van der Waals surface area contributed by atoms with E-state index in [-0.39, 0.29) is 0 Å². The van der Waals surface area contributed by atoms with Crippen LogP contribution < -0.4 is 9.47 Å². The van der Waals surface area contributed by atoms with Crippen molar-refractivity contribution in [3.05, 3.63) is 144 Å². The first-order chi connectivity index (χ1) is 24.3. The molecular formula is C48H38O2. The summed E-state index contributed by atoms with van der Waals surface area (Å²) in [6.45, 7) is 8.80. The highest BCUT2D eigenvalue weighted by Crippen LogP contribution is 2.45. The molecule has 0 unspecified atom stereocenters. The summed E-state index contributed by atoms with van der Waals surface area (Å²) in [5.74, 6) is 1.78. The van der Waals surface area contributed by atoms with E-state index < -0.39 is 0 Å². The van der Waals surface area contributed by atoms with Crippen LogP contribution in [0.4, 0.5) is 0 Å². The maximum Gasteiger partial charge on any atom is 0.119 e. The van der Waals surface area contributed by atoms with Gasteiger partial charge in [-0.15, -0.1) is 0 Å². The number of benzene rings is 5. The van der Waals surface area contributed by atoms with Gasteiger partial charge in [-0.25, -0.2) is 0 Å². The molecule has 9 rings (SSSR count). The summed E-state index contributed by atoms with van der Waals surface area (Å²) in [4.78, 5) is 0. The van der Waals surface area contributed by atoms with Gasteiger partial charge in [0, 0.05) is 0 Å². The Bertz CT molecular complexity index is 2530. The molecule has 0 aliphatic heterocycles. The molecule has 0 saturated heterocycles. The Morgan fingerprint density at radius 1 is 0.340 bits per heavy atom. The van der Waals surface area contributed by atoms with E-state index in [0.717, 1.165) is 11.5 Å². The third-order valence-electron chi connectivity index (χ3n) is 10.8. The van der Waals surface area contributed by atoms with Crippen molar-refractivity contribution in [2.45, 2.75) is 27.7 Å². The summed E-state index contributed by atoms with van der Waals surface area (Å²) in [5.41, 5.74) is 14.8. The molecule has 0 bridgehead atoms. The SMILES string of the molecule is COc1cc(C)c(-c2cc3cc4c(cc(-c5c(C)cc(OC)cc5C)c5cc6cccc-6ccc54)cc3c3ccc4cccc-4cc23)c(C)c1. The zero-order chi connectivity index (χ0) is 34.3. The number of aryl methyl sites for hydroxylation is 4. The average molecular weight is 647 g/mol. The Balaban J connectivity index is 1.45. The Morgan fingerprint density at radius 3 is 1.10 bits per heavy atom. The largest absolute Gasteiger partial charge is 0.497 e. The zero-order valence-corrected chi connectivity index (χ0v) is 29.4. The van der Waals surface area contributed by atoms with Gasteiger partial charge in [0.25, 0.3) is 0 Å². The van der Waals surface area contributed by atoms with Crippen LogP contribution in [0.2, 0.25) is 0 Å².